The molecule has 0 aliphatic carbocycles. The third kappa shape index (κ3) is 6.86. The van der Waals surface area contributed by atoms with Crippen molar-refractivity contribution in [3.8, 4) is 0 Å². The number of hydrogen-bond donors (Lipinski definition) is 0. The molecule has 6 nitrogen and oxygen atoms in total. The maximum Gasteiger partial charge on any atom is 0.229 e. The molecular formula is C21H24Cl2FN3O3S2. The van der Waals surface area contributed by atoms with E-state index in [2.05, 4.69) is 4.98 Å². The first kappa shape index (κ1) is 26.5. The van der Waals surface area contributed by atoms with Gasteiger partial charge in [-0.2, -0.15) is 0 Å². The number of anilines is 1. The van der Waals surface area contributed by atoms with Gasteiger partial charge in [0.25, 0.3) is 0 Å². The normalized spacial score (nSPS) is 11.5. The Labute approximate surface area is 202 Å². The van der Waals surface area contributed by atoms with Crippen molar-refractivity contribution in [2.75, 3.05) is 37.8 Å². The Kier molecular flexibility index (Phi) is 9.41. The fourth-order valence-corrected chi connectivity index (χ4v) is 5.50. The molecule has 0 radical (unpaired) electrons. The van der Waals surface area contributed by atoms with Gasteiger partial charge in [0.15, 0.2) is 15.0 Å². The zero-order valence-corrected chi connectivity index (χ0v) is 20.8. The van der Waals surface area contributed by atoms with E-state index in [1.54, 1.807) is 23.1 Å². The Morgan fingerprint density at radius 3 is 2.47 bits per heavy atom. The molecule has 0 saturated heterocycles. The molecule has 0 spiro atoms. The maximum absolute atomic E-state index is 13.1. The SMILES string of the molecule is CN(C)CCCN(C(=O)CCS(=O)(=O)c1ccc(F)cc1)c1nc2ccc(Cl)cc2s1.Cl. The number of amides is 1. The molecule has 32 heavy (non-hydrogen) atoms. The van der Waals surface area contributed by atoms with Crippen molar-refractivity contribution in [3.63, 3.8) is 0 Å². The molecule has 0 atom stereocenters. The van der Waals surface area contributed by atoms with Gasteiger partial charge in [0.2, 0.25) is 5.91 Å². The van der Waals surface area contributed by atoms with E-state index < -0.39 is 15.7 Å². The van der Waals surface area contributed by atoms with E-state index in [0.717, 1.165) is 28.9 Å². The lowest BCUT2D eigenvalue weighted by Crippen LogP contribution is -2.34. The molecule has 0 saturated carbocycles. The second-order valence-electron chi connectivity index (χ2n) is 7.33. The summed E-state index contributed by atoms with van der Waals surface area (Å²) in [7, 11) is 0.182. The van der Waals surface area contributed by atoms with E-state index in [0.29, 0.717) is 23.1 Å². The highest BCUT2D eigenvalue weighted by atomic mass is 35.5. The Morgan fingerprint density at radius 1 is 1.12 bits per heavy atom. The van der Waals surface area contributed by atoms with Crippen molar-refractivity contribution in [2.24, 2.45) is 0 Å². The summed E-state index contributed by atoms with van der Waals surface area (Å²) >= 11 is 7.40. The first-order chi connectivity index (χ1) is 14.7. The van der Waals surface area contributed by atoms with E-state index in [1.165, 1.54) is 23.5 Å². The molecule has 174 valence electrons. The van der Waals surface area contributed by atoms with Gasteiger partial charge >= 0.3 is 0 Å². The van der Waals surface area contributed by atoms with Crippen LogP contribution in [0.1, 0.15) is 12.8 Å². The topological polar surface area (TPSA) is 70.6 Å². The van der Waals surface area contributed by atoms with Gasteiger partial charge < -0.3 is 4.90 Å². The van der Waals surface area contributed by atoms with E-state index in [4.69, 9.17) is 11.6 Å². The van der Waals surface area contributed by atoms with Crippen LogP contribution in [0.2, 0.25) is 5.02 Å². The molecule has 0 unspecified atom stereocenters. The van der Waals surface area contributed by atoms with Gasteiger partial charge in [-0.15, -0.1) is 12.4 Å². The summed E-state index contributed by atoms with van der Waals surface area (Å²) in [5, 5.41) is 1.10. The predicted molar refractivity (Wildman–Crippen MR) is 130 cm³/mol. The van der Waals surface area contributed by atoms with Crippen LogP contribution in [0.15, 0.2) is 47.4 Å². The summed E-state index contributed by atoms with van der Waals surface area (Å²) < 4.78 is 39.1. The number of hydrogen-bond acceptors (Lipinski definition) is 6. The highest BCUT2D eigenvalue weighted by Gasteiger charge is 2.23. The van der Waals surface area contributed by atoms with Crippen molar-refractivity contribution in [2.45, 2.75) is 17.7 Å². The molecule has 11 heteroatoms. The molecule has 1 amide bonds. The van der Waals surface area contributed by atoms with E-state index >= 15 is 0 Å². The van der Waals surface area contributed by atoms with Gasteiger partial charge in [-0.25, -0.2) is 17.8 Å². The van der Waals surface area contributed by atoms with Crippen LogP contribution in [0.25, 0.3) is 10.2 Å². The molecule has 0 aliphatic rings. The number of fused-ring (bicyclic) bond motifs is 1. The lowest BCUT2D eigenvalue weighted by Gasteiger charge is -2.21. The van der Waals surface area contributed by atoms with Crippen LogP contribution in [0.3, 0.4) is 0 Å². The van der Waals surface area contributed by atoms with Crippen LogP contribution >= 0.6 is 35.3 Å². The standard InChI is InChI=1S/C21H23ClFN3O3S2.ClH/c1-25(2)11-3-12-26(21-24-18-9-4-15(22)14-19(18)30-21)20(27)10-13-31(28,29)17-7-5-16(23)6-8-17;/h4-9,14H,3,10-13H2,1-2H3;1H. The summed E-state index contributed by atoms with van der Waals surface area (Å²) in [5.41, 5.74) is 0.730. The van der Waals surface area contributed by atoms with E-state index in [9.17, 15) is 17.6 Å². The second-order valence-corrected chi connectivity index (χ2v) is 10.9. The summed E-state index contributed by atoms with van der Waals surface area (Å²) in [4.78, 5) is 21.1. The Morgan fingerprint density at radius 2 is 1.81 bits per heavy atom. The minimum absolute atomic E-state index is 0. The quantitative estimate of drug-likeness (QED) is 0.384. The Hall–Kier alpha value is -1.78. The van der Waals surface area contributed by atoms with Crippen LogP contribution in [0.5, 0.6) is 0 Å². The number of halogens is 3. The first-order valence-electron chi connectivity index (χ1n) is 9.65. The Balaban J connectivity index is 0.00000363. The summed E-state index contributed by atoms with van der Waals surface area (Å²) in [5.74, 6) is -1.20. The van der Waals surface area contributed by atoms with E-state index in [-0.39, 0.29) is 35.4 Å². The number of nitrogens with zero attached hydrogens (tertiary/aromatic N) is 3. The predicted octanol–water partition coefficient (Wildman–Crippen LogP) is 4.66. The smallest absolute Gasteiger partial charge is 0.229 e. The molecule has 1 aromatic heterocycles. The molecule has 3 rings (SSSR count). The van der Waals surface area contributed by atoms with Gasteiger partial charge in [-0.05, 0) is 69.5 Å². The minimum atomic E-state index is -3.71. The number of benzene rings is 2. The largest absolute Gasteiger partial charge is 0.309 e. The van der Waals surface area contributed by atoms with Crippen LogP contribution in [0.4, 0.5) is 9.52 Å². The number of aromatic nitrogens is 1. The van der Waals surface area contributed by atoms with Crippen LogP contribution in [0, 0.1) is 5.82 Å². The van der Waals surface area contributed by atoms with Crippen molar-refractivity contribution in [1.29, 1.82) is 0 Å². The zero-order valence-electron chi connectivity index (χ0n) is 17.6. The fraction of sp³-hybridized carbons (Fsp3) is 0.333. The summed E-state index contributed by atoms with van der Waals surface area (Å²) in [6, 6.07) is 9.92. The van der Waals surface area contributed by atoms with Crippen LogP contribution in [-0.2, 0) is 14.6 Å². The first-order valence-corrected chi connectivity index (χ1v) is 12.5. The molecule has 0 aliphatic heterocycles. The third-order valence-electron chi connectivity index (χ3n) is 4.62. The molecule has 1 heterocycles. The summed E-state index contributed by atoms with van der Waals surface area (Å²) in [6.07, 6.45) is 0.512. The monoisotopic (exact) mass is 519 g/mol. The average Bonchev–Trinajstić information content (AvgIpc) is 3.12. The Bertz CT molecular complexity index is 1170. The number of sulfone groups is 1. The van der Waals surface area contributed by atoms with Gasteiger partial charge in [0.05, 0.1) is 20.9 Å². The van der Waals surface area contributed by atoms with Gasteiger partial charge in [-0.1, -0.05) is 22.9 Å². The third-order valence-corrected chi connectivity index (χ3v) is 7.62. The molecule has 0 bridgehead atoms. The number of carbonyl (C=O) groups is 1. The fourth-order valence-electron chi connectivity index (χ4n) is 2.99. The minimum Gasteiger partial charge on any atom is -0.309 e. The molecule has 0 fully saturated rings. The van der Waals surface area contributed by atoms with Crippen LogP contribution < -0.4 is 4.90 Å². The molecule has 3 aromatic rings. The number of thiazole rings is 1. The van der Waals surface area contributed by atoms with E-state index in [1.807, 2.05) is 19.0 Å². The zero-order chi connectivity index (χ0) is 22.6. The van der Waals surface area contributed by atoms with Crippen molar-refractivity contribution < 1.29 is 17.6 Å². The second kappa shape index (κ2) is 11.4. The van der Waals surface area contributed by atoms with Crippen molar-refractivity contribution in [3.05, 3.63) is 53.3 Å². The molecule has 0 N–H and O–H groups in total. The van der Waals surface area contributed by atoms with Crippen molar-refractivity contribution >= 4 is 66.4 Å². The lowest BCUT2D eigenvalue weighted by atomic mass is 10.3. The summed E-state index contributed by atoms with van der Waals surface area (Å²) in [6.45, 7) is 1.19. The maximum atomic E-state index is 13.1. The average molecular weight is 520 g/mol. The van der Waals surface area contributed by atoms with Gasteiger partial charge in [0, 0.05) is 18.0 Å². The molecule has 2 aromatic carbocycles. The van der Waals surface area contributed by atoms with Gasteiger partial charge in [-0.3, -0.25) is 9.69 Å². The number of rotatable bonds is 9. The van der Waals surface area contributed by atoms with Crippen LogP contribution in [-0.4, -0.2) is 57.1 Å². The number of carbonyl (C=O) groups excluding carboxylic acids is 1. The van der Waals surface area contributed by atoms with Gasteiger partial charge in [0.1, 0.15) is 5.82 Å². The highest BCUT2D eigenvalue weighted by molar-refractivity contribution is 7.91. The molecular weight excluding hydrogens is 496 g/mol. The lowest BCUT2D eigenvalue weighted by molar-refractivity contribution is -0.118. The highest BCUT2D eigenvalue weighted by Crippen LogP contribution is 2.31. The van der Waals surface area contributed by atoms with Crippen molar-refractivity contribution in [1.82, 2.24) is 9.88 Å².